The molecule has 2 aromatic carbocycles. The Balaban J connectivity index is 1.38. The van der Waals surface area contributed by atoms with E-state index in [4.69, 9.17) is 35.3 Å². The van der Waals surface area contributed by atoms with Crippen LogP contribution in [0.15, 0.2) is 60.0 Å². The first-order valence-electron chi connectivity index (χ1n) is 14.6. The molecule has 0 saturated heterocycles. The number of aliphatic hydroxyl groups is 1. The van der Waals surface area contributed by atoms with Crippen LogP contribution in [0.2, 0.25) is 5.02 Å². The summed E-state index contributed by atoms with van der Waals surface area (Å²) in [5, 5.41) is 17.2. The number of aromatic nitrogens is 1. The minimum absolute atomic E-state index is 0.0114. The van der Waals surface area contributed by atoms with Gasteiger partial charge < -0.3 is 39.4 Å². The lowest BCUT2D eigenvalue weighted by Gasteiger charge is -2.38. The molecule has 3 heterocycles. The lowest BCUT2D eigenvalue weighted by atomic mass is 9.69. The molecule has 244 valence electrons. The second kappa shape index (κ2) is 12.5. The average molecular weight is 664 g/mol. The fourth-order valence-corrected chi connectivity index (χ4v) is 6.38. The molecule has 3 aromatic rings. The van der Waals surface area contributed by atoms with Gasteiger partial charge >= 0.3 is 0 Å². The van der Waals surface area contributed by atoms with Crippen LogP contribution in [0.5, 0.6) is 28.7 Å². The van der Waals surface area contributed by atoms with E-state index in [9.17, 15) is 24.3 Å². The molecule has 0 bridgehead atoms. The third kappa shape index (κ3) is 5.46. The minimum atomic E-state index is -2.05. The highest BCUT2D eigenvalue weighted by atomic mass is 35.5. The zero-order chi connectivity index (χ0) is 33.5. The van der Waals surface area contributed by atoms with Gasteiger partial charge in [-0.1, -0.05) is 30.7 Å². The molecule has 3 N–H and O–H groups in total. The van der Waals surface area contributed by atoms with E-state index in [1.165, 1.54) is 26.5 Å². The lowest BCUT2D eigenvalue weighted by Crippen LogP contribution is -2.53. The number of carbonyl (C=O) groups is 4. The van der Waals surface area contributed by atoms with Crippen LogP contribution in [-0.2, 0) is 14.4 Å². The number of carbonyl (C=O) groups excluding carboxylic acids is 4. The Morgan fingerprint density at radius 3 is 2.57 bits per heavy atom. The zero-order valence-electron chi connectivity index (χ0n) is 25.5. The maximum absolute atomic E-state index is 14.3. The fourth-order valence-electron chi connectivity index (χ4n) is 6.12. The van der Waals surface area contributed by atoms with Crippen LogP contribution in [0.1, 0.15) is 41.6 Å². The number of halogens is 1. The Hall–Kier alpha value is -5.30. The molecule has 47 heavy (non-hydrogen) atoms. The molecule has 2 aliphatic heterocycles. The summed E-state index contributed by atoms with van der Waals surface area (Å²) < 4.78 is 28.0. The van der Waals surface area contributed by atoms with E-state index in [0.29, 0.717) is 22.9 Å². The van der Waals surface area contributed by atoms with E-state index >= 15 is 0 Å². The topological polar surface area (TPSA) is 172 Å². The van der Waals surface area contributed by atoms with Gasteiger partial charge in [0.2, 0.25) is 30.0 Å². The number of amides is 2. The predicted molar refractivity (Wildman–Crippen MR) is 166 cm³/mol. The number of ether oxygens (including phenoxy) is 5. The number of ketones is 2. The van der Waals surface area contributed by atoms with Gasteiger partial charge in [0.15, 0.2) is 28.8 Å². The van der Waals surface area contributed by atoms with Crippen molar-refractivity contribution in [3.8, 4) is 28.7 Å². The van der Waals surface area contributed by atoms with Crippen LogP contribution in [0.4, 0.5) is 5.82 Å². The largest absolute Gasteiger partial charge is 0.507 e. The summed E-state index contributed by atoms with van der Waals surface area (Å²) in [5.41, 5.74) is -1.84. The SMILES string of the molecule is COc1cc(OC)c2c(c1Cl)OC1(C2=O)C(O)=C(C(CC(=O)NCC(=O)Nc2ccccn2)c2ccc3c(c2)OCO3)C(=O)CC1C. The molecule has 6 rings (SSSR count). The number of rotatable bonds is 9. The zero-order valence-corrected chi connectivity index (χ0v) is 26.3. The maximum atomic E-state index is 14.3. The molecule has 0 fully saturated rings. The standard InChI is InChI=1S/C33H30ClN3O10/c1-16-10-19(38)27(31(41)33(16)32(42)28-22(43-2)13-23(44-3)29(34)30(28)47-33)18(17-7-8-20-21(11-17)46-15-45-20)12-25(39)36-14-26(40)37-24-6-4-5-9-35-24/h4-9,11,13,16,18,41H,10,12,14-15H2,1-3H3,(H,36,39)(H,35,37,40). The molecule has 1 aliphatic carbocycles. The van der Waals surface area contributed by atoms with Crippen molar-refractivity contribution in [1.82, 2.24) is 10.3 Å². The van der Waals surface area contributed by atoms with Crippen molar-refractivity contribution in [2.24, 2.45) is 5.92 Å². The molecule has 14 heteroatoms. The van der Waals surface area contributed by atoms with Gasteiger partial charge in [-0.3, -0.25) is 19.2 Å². The lowest BCUT2D eigenvalue weighted by molar-refractivity contribution is -0.124. The Labute approximate surface area is 273 Å². The van der Waals surface area contributed by atoms with E-state index in [0.717, 1.165) is 0 Å². The number of anilines is 1. The van der Waals surface area contributed by atoms with Gasteiger partial charge in [-0.05, 0) is 29.8 Å². The molecule has 2 amide bonds. The number of hydrogen-bond donors (Lipinski definition) is 3. The van der Waals surface area contributed by atoms with Crippen molar-refractivity contribution in [2.45, 2.75) is 31.3 Å². The van der Waals surface area contributed by atoms with Crippen LogP contribution in [0.3, 0.4) is 0 Å². The third-order valence-corrected chi connectivity index (χ3v) is 8.78. The highest BCUT2D eigenvalue weighted by Gasteiger charge is 2.61. The molecule has 0 saturated carbocycles. The summed E-state index contributed by atoms with van der Waals surface area (Å²) >= 11 is 6.57. The number of benzene rings is 2. The molecular weight excluding hydrogens is 634 g/mol. The van der Waals surface area contributed by atoms with E-state index in [1.54, 1.807) is 43.3 Å². The van der Waals surface area contributed by atoms with E-state index in [-0.39, 0.29) is 59.6 Å². The highest BCUT2D eigenvalue weighted by Crippen LogP contribution is 2.56. The number of hydrogen-bond acceptors (Lipinski definition) is 11. The van der Waals surface area contributed by atoms with Crippen molar-refractivity contribution in [3.63, 3.8) is 0 Å². The number of pyridine rings is 1. The molecule has 0 radical (unpaired) electrons. The monoisotopic (exact) mass is 663 g/mol. The van der Waals surface area contributed by atoms with Crippen LogP contribution in [0, 0.1) is 5.92 Å². The van der Waals surface area contributed by atoms with Gasteiger partial charge in [0.05, 0.1) is 20.8 Å². The van der Waals surface area contributed by atoms with Crippen LogP contribution < -0.4 is 34.3 Å². The first-order valence-corrected chi connectivity index (χ1v) is 15.0. The third-order valence-electron chi connectivity index (χ3n) is 8.43. The Kier molecular flexibility index (Phi) is 8.41. The normalized spacial score (nSPS) is 20.0. The Morgan fingerprint density at radius 1 is 1.09 bits per heavy atom. The van der Waals surface area contributed by atoms with E-state index in [1.807, 2.05) is 0 Å². The number of Topliss-reactive ketones (excluding diaryl/α,β-unsaturated/α-hetero) is 2. The van der Waals surface area contributed by atoms with Crippen molar-refractivity contribution >= 4 is 40.8 Å². The van der Waals surface area contributed by atoms with E-state index < -0.39 is 46.6 Å². The second-order valence-electron chi connectivity index (χ2n) is 11.2. The quantitative estimate of drug-likeness (QED) is 0.300. The number of fused-ring (bicyclic) bond motifs is 2. The maximum Gasteiger partial charge on any atom is 0.244 e. The number of nitrogens with zero attached hydrogens (tertiary/aromatic N) is 1. The van der Waals surface area contributed by atoms with Crippen molar-refractivity contribution in [3.05, 3.63) is 76.1 Å². The van der Waals surface area contributed by atoms with Gasteiger partial charge in [-0.2, -0.15) is 0 Å². The molecule has 3 atom stereocenters. The summed E-state index contributed by atoms with van der Waals surface area (Å²) in [6.45, 7) is 1.20. The summed E-state index contributed by atoms with van der Waals surface area (Å²) in [6.07, 6.45) is 0.924. The molecular formula is C33H30ClN3O10. The van der Waals surface area contributed by atoms with Gasteiger partial charge in [-0.15, -0.1) is 0 Å². The number of methoxy groups -OCH3 is 2. The summed E-state index contributed by atoms with van der Waals surface area (Å²) in [4.78, 5) is 58.0. The molecule has 3 aliphatic rings. The fraction of sp³-hybridized carbons (Fsp3) is 0.303. The molecule has 1 aromatic heterocycles. The second-order valence-corrected chi connectivity index (χ2v) is 11.5. The van der Waals surface area contributed by atoms with Crippen LogP contribution in [-0.4, -0.2) is 66.6 Å². The highest BCUT2D eigenvalue weighted by molar-refractivity contribution is 6.35. The van der Waals surface area contributed by atoms with Gasteiger partial charge in [-0.25, -0.2) is 4.98 Å². The van der Waals surface area contributed by atoms with Gasteiger partial charge in [0.1, 0.15) is 27.9 Å². The van der Waals surface area contributed by atoms with Crippen molar-refractivity contribution < 1.29 is 48.0 Å². The Morgan fingerprint density at radius 2 is 1.85 bits per heavy atom. The molecule has 13 nitrogen and oxygen atoms in total. The Bertz CT molecular complexity index is 1830. The number of nitrogens with one attached hydrogen (secondary N) is 2. The van der Waals surface area contributed by atoms with Gasteiger partial charge in [0.25, 0.3) is 0 Å². The summed E-state index contributed by atoms with van der Waals surface area (Å²) in [5.74, 6) is -3.50. The van der Waals surface area contributed by atoms with Gasteiger partial charge in [0, 0.05) is 42.5 Å². The average Bonchev–Trinajstić information content (AvgIpc) is 3.66. The molecule has 3 unspecified atom stereocenters. The van der Waals surface area contributed by atoms with Crippen LogP contribution >= 0.6 is 11.6 Å². The minimum Gasteiger partial charge on any atom is -0.507 e. The van der Waals surface area contributed by atoms with E-state index in [2.05, 4.69) is 15.6 Å². The first kappa shape index (κ1) is 31.7. The smallest absolute Gasteiger partial charge is 0.244 e. The summed E-state index contributed by atoms with van der Waals surface area (Å²) in [6, 6.07) is 11.3. The summed E-state index contributed by atoms with van der Waals surface area (Å²) in [7, 11) is 2.75. The first-order chi connectivity index (χ1) is 22.6. The van der Waals surface area contributed by atoms with Crippen molar-refractivity contribution in [2.75, 3.05) is 32.9 Å². The number of aliphatic hydroxyl groups excluding tert-OH is 1. The number of allylic oxidation sites excluding steroid dienone is 1. The van der Waals surface area contributed by atoms with Crippen molar-refractivity contribution in [1.29, 1.82) is 0 Å². The molecule has 1 spiro atoms. The van der Waals surface area contributed by atoms with Crippen LogP contribution in [0.25, 0.3) is 0 Å². The predicted octanol–water partition coefficient (Wildman–Crippen LogP) is 4.14.